The van der Waals surface area contributed by atoms with Gasteiger partial charge in [-0.2, -0.15) is 31.4 Å². The molecule has 1 amide bonds. The summed E-state index contributed by atoms with van der Waals surface area (Å²) in [6.07, 6.45) is -4.22. The van der Waals surface area contributed by atoms with Crippen LogP contribution >= 0.6 is 0 Å². The highest BCUT2D eigenvalue weighted by atomic mass is 19.4. The fourth-order valence-electron chi connectivity index (χ4n) is 4.39. The molecule has 4 rings (SSSR count). The maximum Gasteiger partial charge on any atom is 0.423 e. The topological polar surface area (TPSA) is 113 Å². The van der Waals surface area contributed by atoms with Crippen LogP contribution in [-0.4, -0.2) is 63.3 Å². The number of piperidine rings is 1. The van der Waals surface area contributed by atoms with Gasteiger partial charge in [-0.3, -0.25) is 9.59 Å². The van der Waals surface area contributed by atoms with E-state index in [4.69, 9.17) is 4.74 Å². The molecule has 0 aromatic carbocycles. The SMILES string of the molecule is O=C(CCOC[C@@H](Nc1cn[nH]c(=O)c1C(F)(F)F)C1CC1)N1CCC(c2ncc(C(F)(F)F)cn2)CC1. The fourth-order valence-corrected chi connectivity index (χ4v) is 4.39. The number of anilines is 1. The van der Waals surface area contributed by atoms with Gasteiger partial charge in [0.1, 0.15) is 11.4 Å². The van der Waals surface area contributed by atoms with Gasteiger partial charge < -0.3 is 15.0 Å². The van der Waals surface area contributed by atoms with Gasteiger partial charge >= 0.3 is 12.4 Å². The molecule has 0 unspecified atom stereocenters. The largest absolute Gasteiger partial charge is 0.423 e. The lowest BCUT2D eigenvalue weighted by Crippen LogP contribution is -2.39. The van der Waals surface area contributed by atoms with E-state index in [0.717, 1.165) is 31.4 Å². The average Bonchev–Trinajstić information content (AvgIpc) is 3.70. The summed E-state index contributed by atoms with van der Waals surface area (Å²) in [5.41, 5.74) is -4.02. The van der Waals surface area contributed by atoms with Gasteiger partial charge in [0.15, 0.2) is 0 Å². The molecule has 15 heteroatoms. The molecule has 2 N–H and O–H groups in total. The molecule has 1 atom stereocenters. The molecular formula is C23H26F6N6O3. The van der Waals surface area contributed by atoms with Crippen LogP contribution in [0.3, 0.4) is 0 Å². The van der Waals surface area contributed by atoms with Crippen LogP contribution in [0.15, 0.2) is 23.4 Å². The average molecular weight is 548 g/mol. The van der Waals surface area contributed by atoms with Crippen LogP contribution in [0.4, 0.5) is 32.0 Å². The van der Waals surface area contributed by atoms with Crippen molar-refractivity contribution < 1.29 is 35.9 Å². The third kappa shape index (κ3) is 6.99. The number of aromatic amines is 1. The molecule has 0 spiro atoms. The summed E-state index contributed by atoms with van der Waals surface area (Å²) >= 11 is 0. The molecule has 1 aliphatic heterocycles. The maximum absolute atomic E-state index is 13.3. The minimum atomic E-state index is -4.85. The number of halogens is 6. The summed E-state index contributed by atoms with van der Waals surface area (Å²) in [4.78, 5) is 33.6. The Labute approximate surface area is 213 Å². The first-order chi connectivity index (χ1) is 17.9. The molecule has 2 aromatic rings. The number of hydrogen-bond donors (Lipinski definition) is 2. The van der Waals surface area contributed by atoms with Crippen molar-refractivity contribution in [3.63, 3.8) is 0 Å². The predicted octanol–water partition coefficient (Wildman–Crippen LogP) is 3.60. The Morgan fingerprint density at radius 1 is 1.05 bits per heavy atom. The van der Waals surface area contributed by atoms with E-state index in [0.29, 0.717) is 31.8 Å². The lowest BCUT2D eigenvalue weighted by atomic mass is 9.95. The first-order valence-corrected chi connectivity index (χ1v) is 12.1. The molecule has 2 fully saturated rings. The van der Waals surface area contributed by atoms with Gasteiger partial charge in [-0.1, -0.05) is 0 Å². The second kappa shape index (κ2) is 11.3. The van der Waals surface area contributed by atoms with E-state index < -0.39 is 40.8 Å². The van der Waals surface area contributed by atoms with Gasteiger partial charge in [-0.15, -0.1) is 0 Å². The number of rotatable bonds is 9. The number of carbonyl (C=O) groups excluding carboxylic acids is 1. The summed E-state index contributed by atoms with van der Waals surface area (Å²) < 4.78 is 83.6. The molecule has 1 aliphatic carbocycles. The number of nitrogens with zero attached hydrogens (tertiary/aromatic N) is 4. The molecule has 2 aliphatic rings. The van der Waals surface area contributed by atoms with Crippen molar-refractivity contribution in [2.75, 3.05) is 31.6 Å². The standard InChI is InChI=1S/C23H26F6N6O3/c24-22(25,26)15-9-30-20(31-10-15)14-3-6-35(7-4-14)18(36)5-8-38-12-17(13-1-2-13)33-16-11-32-34-21(37)19(16)23(27,28)29/h9-11,13-14,17H,1-8,12H2,(H2,33,34,37)/t17-/m1/s1. The van der Waals surface area contributed by atoms with Crippen molar-refractivity contribution >= 4 is 11.6 Å². The summed E-state index contributed by atoms with van der Waals surface area (Å²) in [6.45, 7) is 0.909. The van der Waals surface area contributed by atoms with E-state index in [1.54, 1.807) is 10.00 Å². The number of aromatic nitrogens is 4. The summed E-state index contributed by atoms with van der Waals surface area (Å²) in [5, 5.41) is 7.99. The third-order valence-electron chi connectivity index (χ3n) is 6.64. The van der Waals surface area contributed by atoms with Crippen molar-refractivity contribution in [1.29, 1.82) is 0 Å². The Hall–Kier alpha value is -3.23. The number of carbonyl (C=O) groups is 1. The second-order valence-electron chi connectivity index (χ2n) is 9.38. The zero-order valence-corrected chi connectivity index (χ0v) is 20.1. The van der Waals surface area contributed by atoms with E-state index in [2.05, 4.69) is 20.4 Å². The Morgan fingerprint density at radius 2 is 1.71 bits per heavy atom. The first kappa shape index (κ1) is 27.8. The van der Waals surface area contributed by atoms with Crippen LogP contribution in [0.1, 0.15) is 55.0 Å². The number of amides is 1. The summed E-state index contributed by atoms with van der Waals surface area (Å²) in [5.74, 6) is 0.0870. The Balaban J connectivity index is 1.22. The highest BCUT2D eigenvalue weighted by Gasteiger charge is 2.39. The predicted molar refractivity (Wildman–Crippen MR) is 121 cm³/mol. The first-order valence-electron chi connectivity index (χ1n) is 12.1. The van der Waals surface area contributed by atoms with Crippen LogP contribution < -0.4 is 10.9 Å². The Morgan fingerprint density at radius 3 is 2.29 bits per heavy atom. The minimum Gasteiger partial charge on any atom is -0.379 e. The van der Waals surface area contributed by atoms with Gasteiger partial charge in [-0.25, -0.2) is 15.1 Å². The van der Waals surface area contributed by atoms with Crippen LogP contribution in [0.2, 0.25) is 0 Å². The van der Waals surface area contributed by atoms with E-state index >= 15 is 0 Å². The van der Waals surface area contributed by atoms with Crippen LogP contribution in [0, 0.1) is 5.92 Å². The second-order valence-corrected chi connectivity index (χ2v) is 9.38. The molecule has 1 saturated heterocycles. The lowest BCUT2D eigenvalue weighted by molar-refractivity contribution is -0.139. The Bertz CT molecular complexity index is 1160. The highest BCUT2D eigenvalue weighted by molar-refractivity contribution is 5.76. The minimum absolute atomic E-state index is 0.0510. The summed E-state index contributed by atoms with van der Waals surface area (Å²) in [7, 11) is 0. The maximum atomic E-state index is 13.3. The zero-order chi connectivity index (χ0) is 27.5. The van der Waals surface area contributed by atoms with Gasteiger partial charge in [-0.05, 0) is 31.6 Å². The van der Waals surface area contributed by atoms with E-state index in [1.165, 1.54) is 0 Å². The van der Waals surface area contributed by atoms with Gasteiger partial charge in [0.25, 0.3) is 5.56 Å². The summed E-state index contributed by atoms with van der Waals surface area (Å²) in [6, 6.07) is -0.478. The van der Waals surface area contributed by atoms with Gasteiger partial charge in [0, 0.05) is 31.4 Å². The van der Waals surface area contributed by atoms with Crippen molar-refractivity contribution in [1.82, 2.24) is 25.1 Å². The highest BCUT2D eigenvalue weighted by Crippen LogP contribution is 2.37. The van der Waals surface area contributed by atoms with E-state index in [1.807, 2.05) is 0 Å². The van der Waals surface area contributed by atoms with Crippen molar-refractivity contribution in [2.24, 2.45) is 5.92 Å². The lowest BCUT2D eigenvalue weighted by Gasteiger charge is -2.31. The molecule has 2 aromatic heterocycles. The van der Waals surface area contributed by atoms with Crippen LogP contribution in [-0.2, 0) is 21.9 Å². The van der Waals surface area contributed by atoms with E-state index in [-0.39, 0.29) is 37.4 Å². The smallest absolute Gasteiger partial charge is 0.379 e. The van der Waals surface area contributed by atoms with Gasteiger partial charge in [0.05, 0.1) is 43.1 Å². The third-order valence-corrected chi connectivity index (χ3v) is 6.64. The molecule has 0 bridgehead atoms. The molecule has 3 heterocycles. The van der Waals surface area contributed by atoms with Crippen molar-refractivity contribution in [3.8, 4) is 0 Å². The quantitative estimate of drug-likeness (QED) is 0.364. The molecule has 9 nitrogen and oxygen atoms in total. The zero-order valence-electron chi connectivity index (χ0n) is 20.1. The number of nitrogens with one attached hydrogen (secondary N) is 2. The van der Waals surface area contributed by atoms with Crippen molar-refractivity contribution in [2.45, 2.75) is 56.4 Å². The van der Waals surface area contributed by atoms with Crippen molar-refractivity contribution in [3.05, 3.63) is 45.9 Å². The molecule has 0 radical (unpaired) electrons. The Kier molecular flexibility index (Phi) is 8.23. The number of H-pyrrole nitrogens is 1. The number of likely N-dealkylation sites (tertiary alicyclic amines) is 1. The molecular weight excluding hydrogens is 522 g/mol. The van der Waals surface area contributed by atoms with Crippen LogP contribution in [0.25, 0.3) is 0 Å². The number of alkyl halides is 6. The molecule has 208 valence electrons. The number of ether oxygens (including phenoxy) is 1. The number of hydrogen-bond acceptors (Lipinski definition) is 7. The van der Waals surface area contributed by atoms with Gasteiger partial charge in [0.2, 0.25) is 5.91 Å². The van der Waals surface area contributed by atoms with E-state index in [9.17, 15) is 35.9 Å². The normalized spacial score (nSPS) is 17.9. The fraction of sp³-hybridized carbons (Fsp3) is 0.609. The van der Waals surface area contributed by atoms with Crippen LogP contribution in [0.5, 0.6) is 0 Å². The monoisotopic (exact) mass is 548 g/mol. The molecule has 1 saturated carbocycles. The molecule has 38 heavy (non-hydrogen) atoms.